The summed E-state index contributed by atoms with van der Waals surface area (Å²) in [7, 11) is 3.59. The van der Waals surface area contributed by atoms with Crippen LogP contribution in [0.2, 0.25) is 0 Å². The Morgan fingerprint density at radius 3 is 2.75 bits per heavy atom. The summed E-state index contributed by atoms with van der Waals surface area (Å²) in [4.78, 5) is 4.73. The molecule has 1 aromatic carbocycles. The molecule has 20 heavy (non-hydrogen) atoms. The van der Waals surface area contributed by atoms with Crippen LogP contribution in [0.3, 0.4) is 0 Å². The third-order valence-corrected chi connectivity index (χ3v) is 4.50. The molecule has 106 valence electrons. The first-order chi connectivity index (χ1) is 9.78. The fraction of sp³-hybridized carbons (Fsp3) is 0.467. The van der Waals surface area contributed by atoms with Crippen molar-refractivity contribution in [1.29, 1.82) is 5.26 Å². The van der Waals surface area contributed by atoms with Gasteiger partial charge in [-0.1, -0.05) is 11.8 Å². The van der Waals surface area contributed by atoms with E-state index < -0.39 is 0 Å². The highest BCUT2D eigenvalue weighted by atomic mass is 32.2. The summed E-state index contributed by atoms with van der Waals surface area (Å²) in [5.41, 5.74) is 1.06. The van der Waals surface area contributed by atoms with Crippen LogP contribution >= 0.6 is 11.8 Å². The number of ether oxygens (including phenoxy) is 1. The lowest BCUT2D eigenvalue weighted by molar-refractivity contribution is 0.415. The third kappa shape index (κ3) is 3.53. The monoisotopic (exact) mass is 289 g/mol. The molecule has 2 rings (SSSR count). The third-order valence-electron chi connectivity index (χ3n) is 3.26. The predicted molar refractivity (Wildman–Crippen MR) is 83.5 cm³/mol. The summed E-state index contributed by atoms with van der Waals surface area (Å²) in [6.07, 6.45) is 1.99. The summed E-state index contributed by atoms with van der Waals surface area (Å²) < 4.78 is 5.15. The first-order valence-electron chi connectivity index (χ1n) is 6.71. The van der Waals surface area contributed by atoms with Gasteiger partial charge in [0.05, 0.1) is 24.3 Å². The Bertz CT molecular complexity index is 507. The Kier molecular flexibility index (Phi) is 5.45. The number of methoxy groups -OCH3 is 1. The molecule has 5 heteroatoms. The molecule has 0 aliphatic carbocycles. The van der Waals surface area contributed by atoms with E-state index in [9.17, 15) is 5.26 Å². The zero-order valence-corrected chi connectivity index (χ0v) is 12.6. The number of nitrogens with one attached hydrogen (secondary N) is 1. The van der Waals surface area contributed by atoms with E-state index in [1.165, 1.54) is 0 Å². The molecule has 1 aliphatic heterocycles. The van der Waals surface area contributed by atoms with E-state index in [0.717, 1.165) is 35.7 Å². The second-order valence-corrected chi connectivity index (χ2v) is 5.77. The zero-order valence-electron chi connectivity index (χ0n) is 11.8. The lowest BCUT2D eigenvalue weighted by atomic mass is 10.1. The van der Waals surface area contributed by atoms with E-state index in [-0.39, 0.29) is 11.3 Å². The molecule has 1 aliphatic rings. The number of nitrogens with zero attached hydrogens (tertiary/aromatic N) is 2. The maximum absolute atomic E-state index is 9.26. The first-order valence-corrected chi connectivity index (χ1v) is 7.59. The van der Waals surface area contributed by atoms with Crippen LogP contribution in [-0.4, -0.2) is 37.0 Å². The molecule has 0 radical (unpaired) electrons. The molecule has 1 heterocycles. The van der Waals surface area contributed by atoms with Crippen molar-refractivity contribution in [2.24, 2.45) is 4.99 Å². The summed E-state index contributed by atoms with van der Waals surface area (Å²) in [5, 5.41) is 13.3. The molecule has 0 amide bonds. The minimum Gasteiger partial charge on any atom is -0.497 e. The normalized spacial score (nSPS) is 21.4. The number of thioether (sulfide) groups is 1. The maximum Gasteiger partial charge on any atom is 0.120 e. The molecular formula is C15H19N3OS. The van der Waals surface area contributed by atoms with Crippen molar-refractivity contribution in [2.75, 3.05) is 20.7 Å². The highest BCUT2D eigenvalue weighted by molar-refractivity contribution is 8.15. The first kappa shape index (κ1) is 14.9. The largest absolute Gasteiger partial charge is 0.497 e. The van der Waals surface area contributed by atoms with Crippen LogP contribution in [0.15, 0.2) is 29.3 Å². The number of hydrogen-bond acceptors (Lipinski definition) is 5. The molecule has 2 atom stereocenters. The van der Waals surface area contributed by atoms with Crippen LogP contribution in [-0.2, 0) is 0 Å². The van der Waals surface area contributed by atoms with E-state index in [4.69, 9.17) is 9.73 Å². The second-order valence-electron chi connectivity index (χ2n) is 4.64. The molecule has 2 unspecified atom stereocenters. The van der Waals surface area contributed by atoms with E-state index in [0.29, 0.717) is 0 Å². The summed E-state index contributed by atoms with van der Waals surface area (Å²) in [5.74, 6) is 0.833. The Labute approximate surface area is 124 Å². The van der Waals surface area contributed by atoms with Crippen molar-refractivity contribution < 1.29 is 4.74 Å². The summed E-state index contributed by atoms with van der Waals surface area (Å²) >= 11 is 1.57. The number of benzene rings is 1. The summed E-state index contributed by atoms with van der Waals surface area (Å²) in [6.45, 7) is 0.965. The Hall–Kier alpha value is -1.51. The van der Waals surface area contributed by atoms with Crippen LogP contribution in [0.5, 0.6) is 5.75 Å². The molecule has 4 nitrogen and oxygen atoms in total. The van der Waals surface area contributed by atoms with Crippen molar-refractivity contribution in [1.82, 2.24) is 5.32 Å². The van der Waals surface area contributed by atoms with Crippen molar-refractivity contribution in [3.8, 4) is 11.8 Å². The van der Waals surface area contributed by atoms with Gasteiger partial charge < -0.3 is 10.1 Å². The van der Waals surface area contributed by atoms with Gasteiger partial charge in [-0.05, 0) is 50.7 Å². The van der Waals surface area contributed by atoms with Crippen LogP contribution in [0.1, 0.15) is 18.4 Å². The van der Waals surface area contributed by atoms with Crippen molar-refractivity contribution in [3.05, 3.63) is 29.8 Å². The van der Waals surface area contributed by atoms with Gasteiger partial charge in [0.2, 0.25) is 0 Å². The van der Waals surface area contributed by atoms with Crippen molar-refractivity contribution in [2.45, 2.75) is 24.1 Å². The average molecular weight is 289 g/mol. The van der Waals surface area contributed by atoms with E-state index in [1.54, 1.807) is 18.9 Å². The minimum atomic E-state index is -0.0658. The van der Waals surface area contributed by atoms with Gasteiger partial charge >= 0.3 is 0 Å². The number of aliphatic imine (C=N–C) groups is 1. The van der Waals surface area contributed by atoms with Gasteiger partial charge in [-0.2, -0.15) is 5.26 Å². The molecular weight excluding hydrogens is 270 g/mol. The highest BCUT2D eigenvalue weighted by Crippen LogP contribution is 2.32. The van der Waals surface area contributed by atoms with E-state index >= 15 is 0 Å². The van der Waals surface area contributed by atoms with Gasteiger partial charge in [-0.25, -0.2) is 0 Å². The van der Waals surface area contributed by atoms with Gasteiger partial charge in [0.15, 0.2) is 0 Å². The van der Waals surface area contributed by atoms with Gasteiger partial charge in [-0.3, -0.25) is 4.99 Å². The number of rotatable bonds is 6. The Morgan fingerprint density at radius 2 is 2.15 bits per heavy atom. The van der Waals surface area contributed by atoms with Crippen LogP contribution in [0.4, 0.5) is 0 Å². The molecule has 0 aromatic heterocycles. The minimum absolute atomic E-state index is 0.0658. The quantitative estimate of drug-likeness (QED) is 0.817. The molecule has 0 spiro atoms. The molecule has 0 fully saturated rings. The molecule has 1 N–H and O–H groups in total. The van der Waals surface area contributed by atoms with Crippen molar-refractivity contribution in [3.63, 3.8) is 0 Å². The number of hydrogen-bond donors (Lipinski definition) is 1. The molecule has 1 aromatic rings. The average Bonchev–Trinajstić information content (AvgIpc) is 2.91. The lowest BCUT2D eigenvalue weighted by Gasteiger charge is -2.09. The topological polar surface area (TPSA) is 57.4 Å². The fourth-order valence-electron chi connectivity index (χ4n) is 2.14. The molecule has 0 bridgehead atoms. The summed E-state index contributed by atoms with van der Waals surface area (Å²) in [6, 6.07) is 10.3. The van der Waals surface area contributed by atoms with Crippen LogP contribution < -0.4 is 10.1 Å². The maximum atomic E-state index is 9.26. The predicted octanol–water partition coefficient (Wildman–Crippen LogP) is 2.45. The smallest absolute Gasteiger partial charge is 0.120 e. The Balaban J connectivity index is 2.07. The standard InChI is InChI=1S/C15H19N3OS/c1-17-9-3-4-13-14(10-16)20-15(18-13)11-5-7-12(19-2)8-6-11/h5-8,13-14,17H,3-4,9H2,1-2H3. The number of nitriles is 1. The molecule has 0 saturated heterocycles. The van der Waals surface area contributed by atoms with E-state index in [1.807, 2.05) is 31.3 Å². The van der Waals surface area contributed by atoms with Crippen LogP contribution in [0.25, 0.3) is 0 Å². The lowest BCUT2D eigenvalue weighted by Crippen LogP contribution is -2.18. The fourth-order valence-corrected chi connectivity index (χ4v) is 3.26. The van der Waals surface area contributed by atoms with Crippen molar-refractivity contribution >= 4 is 16.8 Å². The van der Waals surface area contributed by atoms with Crippen LogP contribution in [0, 0.1) is 11.3 Å². The zero-order chi connectivity index (χ0) is 14.4. The Morgan fingerprint density at radius 1 is 1.40 bits per heavy atom. The molecule has 0 saturated carbocycles. The van der Waals surface area contributed by atoms with Gasteiger partial charge in [0.25, 0.3) is 0 Å². The van der Waals surface area contributed by atoms with Gasteiger partial charge in [0.1, 0.15) is 11.0 Å². The highest BCUT2D eigenvalue weighted by Gasteiger charge is 2.30. The second kappa shape index (κ2) is 7.32. The van der Waals surface area contributed by atoms with Gasteiger partial charge in [0, 0.05) is 5.56 Å². The van der Waals surface area contributed by atoms with E-state index in [2.05, 4.69) is 11.4 Å². The van der Waals surface area contributed by atoms with Gasteiger partial charge in [-0.15, -0.1) is 0 Å². The SMILES string of the molecule is CNCCCC1N=C(c2ccc(OC)cc2)SC1C#N.